The smallest absolute Gasteiger partial charge is 0.0469 e. The third-order valence-electron chi connectivity index (χ3n) is 1.51. The highest BCUT2D eigenvalue weighted by Gasteiger charge is 2.00. The van der Waals surface area contributed by atoms with Gasteiger partial charge in [-0.15, -0.1) is 11.8 Å². The molecule has 0 atom stereocenters. The van der Waals surface area contributed by atoms with Gasteiger partial charge in [-0.05, 0) is 30.0 Å². The van der Waals surface area contributed by atoms with Crippen LogP contribution in [0.1, 0.15) is 5.56 Å². The zero-order valence-corrected chi connectivity index (χ0v) is 8.25. The molecule has 0 aromatic heterocycles. The summed E-state index contributed by atoms with van der Waals surface area (Å²) in [6.07, 6.45) is 1.99. The van der Waals surface area contributed by atoms with Crippen molar-refractivity contribution in [1.82, 2.24) is 5.48 Å². The first-order chi connectivity index (χ1) is 5.77. The third-order valence-corrected chi connectivity index (χ3v) is 2.59. The van der Waals surface area contributed by atoms with Crippen LogP contribution < -0.4 is 5.48 Å². The fraction of sp³-hybridized carbons (Fsp3) is 0.250. The number of hydroxylamine groups is 1. The molecule has 1 aromatic rings. The molecule has 0 aliphatic carbocycles. The molecule has 12 heavy (non-hydrogen) atoms. The summed E-state index contributed by atoms with van der Waals surface area (Å²) < 4.78 is 0. The number of halogens is 1. The molecule has 0 aliphatic heterocycles. The van der Waals surface area contributed by atoms with Crippen LogP contribution >= 0.6 is 23.4 Å². The topological polar surface area (TPSA) is 32.3 Å². The Hall–Kier alpha value is -0.220. The van der Waals surface area contributed by atoms with Crippen molar-refractivity contribution >= 4 is 23.4 Å². The lowest BCUT2D eigenvalue weighted by Gasteiger charge is -2.05. The standard InChI is InChI=1S/C8H10ClNOS/c1-12-8-3-2-7(9)4-6(8)5-10-11/h2-4,10-11H,5H2,1H3. The van der Waals surface area contributed by atoms with Crippen molar-refractivity contribution in [2.75, 3.05) is 6.26 Å². The molecule has 0 aliphatic rings. The largest absolute Gasteiger partial charge is 0.316 e. The van der Waals surface area contributed by atoms with Gasteiger partial charge in [-0.2, -0.15) is 0 Å². The van der Waals surface area contributed by atoms with Crippen LogP contribution in [0.5, 0.6) is 0 Å². The zero-order chi connectivity index (χ0) is 8.97. The minimum Gasteiger partial charge on any atom is -0.316 e. The second-order valence-corrected chi connectivity index (χ2v) is 3.58. The summed E-state index contributed by atoms with van der Waals surface area (Å²) in [5.41, 5.74) is 3.13. The maximum Gasteiger partial charge on any atom is 0.0469 e. The van der Waals surface area contributed by atoms with E-state index in [2.05, 4.69) is 5.48 Å². The molecular weight excluding hydrogens is 194 g/mol. The highest BCUT2D eigenvalue weighted by Crippen LogP contribution is 2.23. The lowest BCUT2D eigenvalue weighted by molar-refractivity contribution is 0.160. The van der Waals surface area contributed by atoms with Crippen molar-refractivity contribution in [3.63, 3.8) is 0 Å². The lowest BCUT2D eigenvalue weighted by Crippen LogP contribution is -2.06. The molecule has 0 bridgehead atoms. The van der Waals surface area contributed by atoms with E-state index in [1.165, 1.54) is 0 Å². The molecule has 0 amide bonds. The summed E-state index contributed by atoms with van der Waals surface area (Å²) in [4.78, 5) is 1.13. The van der Waals surface area contributed by atoms with E-state index in [9.17, 15) is 0 Å². The third kappa shape index (κ3) is 2.38. The quantitative estimate of drug-likeness (QED) is 0.585. The fourth-order valence-corrected chi connectivity index (χ4v) is 1.76. The van der Waals surface area contributed by atoms with Crippen molar-refractivity contribution in [2.45, 2.75) is 11.4 Å². The Bertz CT molecular complexity index is 267. The van der Waals surface area contributed by atoms with Gasteiger partial charge in [0.2, 0.25) is 0 Å². The Labute approximate surface area is 80.9 Å². The van der Waals surface area contributed by atoms with Gasteiger partial charge in [0.1, 0.15) is 0 Å². The van der Waals surface area contributed by atoms with Crippen molar-refractivity contribution in [2.24, 2.45) is 0 Å². The van der Waals surface area contributed by atoms with Crippen LogP contribution in [-0.2, 0) is 6.54 Å². The van der Waals surface area contributed by atoms with Crippen LogP contribution in [0.15, 0.2) is 23.1 Å². The van der Waals surface area contributed by atoms with Gasteiger partial charge in [-0.1, -0.05) is 11.6 Å². The van der Waals surface area contributed by atoms with E-state index in [1.54, 1.807) is 11.8 Å². The maximum atomic E-state index is 8.53. The Balaban J connectivity index is 2.95. The Kier molecular flexibility index (Phi) is 3.88. The lowest BCUT2D eigenvalue weighted by atomic mass is 10.2. The normalized spacial score (nSPS) is 10.2. The number of rotatable bonds is 3. The molecule has 4 heteroatoms. The first-order valence-corrected chi connectivity index (χ1v) is 5.07. The number of hydrogen-bond acceptors (Lipinski definition) is 3. The summed E-state index contributed by atoms with van der Waals surface area (Å²) in [6, 6.07) is 5.63. The molecule has 1 rings (SSSR count). The van der Waals surface area contributed by atoms with Gasteiger partial charge in [-0.3, -0.25) is 0 Å². The predicted molar refractivity (Wildman–Crippen MR) is 51.9 cm³/mol. The van der Waals surface area contributed by atoms with E-state index in [4.69, 9.17) is 16.8 Å². The van der Waals surface area contributed by atoms with Gasteiger partial charge in [0.05, 0.1) is 0 Å². The van der Waals surface area contributed by atoms with Gasteiger partial charge in [-0.25, -0.2) is 5.48 Å². The predicted octanol–water partition coefficient (Wildman–Crippen LogP) is 2.54. The van der Waals surface area contributed by atoms with Crippen LogP contribution in [0, 0.1) is 0 Å². The van der Waals surface area contributed by atoms with Crippen LogP contribution in [-0.4, -0.2) is 11.5 Å². The molecule has 0 saturated heterocycles. The first-order valence-electron chi connectivity index (χ1n) is 3.47. The van der Waals surface area contributed by atoms with Crippen LogP contribution in [0.3, 0.4) is 0 Å². The zero-order valence-electron chi connectivity index (χ0n) is 6.67. The van der Waals surface area contributed by atoms with E-state index in [1.807, 2.05) is 24.5 Å². The van der Waals surface area contributed by atoms with Gasteiger partial charge in [0.15, 0.2) is 0 Å². The highest BCUT2D eigenvalue weighted by molar-refractivity contribution is 7.98. The van der Waals surface area contributed by atoms with Crippen molar-refractivity contribution < 1.29 is 5.21 Å². The first kappa shape index (κ1) is 9.86. The van der Waals surface area contributed by atoms with E-state index < -0.39 is 0 Å². The van der Waals surface area contributed by atoms with Crippen LogP contribution in [0.25, 0.3) is 0 Å². The second-order valence-electron chi connectivity index (χ2n) is 2.29. The number of benzene rings is 1. The molecular formula is C8H10ClNOS. The van der Waals surface area contributed by atoms with Crippen molar-refractivity contribution in [3.8, 4) is 0 Å². The molecule has 0 saturated carbocycles. The Morgan fingerprint density at radius 1 is 1.58 bits per heavy atom. The van der Waals surface area contributed by atoms with E-state index in [0.29, 0.717) is 11.6 Å². The summed E-state index contributed by atoms with van der Waals surface area (Å²) >= 11 is 7.43. The van der Waals surface area contributed by atoms with Crippen LogP contribution in [0.4, 0.5) is 0 Å². The monoisotopic (exact) mass is 203 g/mol. The number of nitrogens with one attached hydrogen (secondary N) is 1. The molecule has 0 unspecified atom stereocenters. The molecule has 0 fully saturated rings. The number of thioether (sulfide) groups is 1. The highest BCUT2D eigenvalue weighted by atomic mass is 35.5. The Morgan fingerprint density at radius 3 is 2.92 bits per heavy atom. The average molecular weight is 204 g/mol. The fourth-order valence-electron chi connectivity index (χ4n) is 0.970. The summed E-state index contributed by atoms with van der Waals surface area (Å²) in [7, 11) is 0. The van der Waals surface area contributed by atoms with Gasteiger partial charge in [0, 0.05) is 16.5 Å². The van der Waals surface area contributed by atoms with E-state index in [0.717, 1.165) is 10.5 Å². The van der Waals surface area contributed by atoms with E-state index >= 15 is 0 Å². The number of hydrogen-bond donors (Lipinski definition) is 2. The van der Waals surface area contributed by atoms with Gasteiger partial charge < -0.3 is 5.21 Å². The molecule has 1 aromatic carbocycles. The molecule has 0 heterocycles. The average Bonchev–Trinajstić information content (AvgIpc) is 2.05. The SMILES string of the molecule is CSc1ccc(Cl)cc1CNO. The summed E-state index contributed by atoms with van der Waals surface area (Å²) in [6.45, 7) is 0.427. The molecule has 2 N–H and O–H groups in total. The summed E-state index contributed by atoms with van der Waals surface area (Å²) in [5, 5.41) is 9.22. The Morgan fingerprint density at radius 2 is 2.33 bits per heavy atom. The van der Waals surface area contributed by atoms with Crippen molar-refractivity contribution in [1.29, 1.82) is 0 Å². The summed E-state index contributed by atoms with van der Waals surface area (Å²) in [5.74, 6) is 0. The van der Waals surface area contributed by atoms with Gasteiger partial charge >= 0.3 is 0 Å². The minimum absolute atomic E-state index is 0.427. The minimum atomic E-state index is 0.427. The second kappa shape index (κ2) is 4.72. The van der Waals surface area contributed by atoms with Gasteiger partial charge in [0.25, 0.3) is 0 Å². The van der Waals surface area contributed by atoms with Crippen LogP contribution in [0.2, 0.25) is 5.02 Å². The molecule has 2 nitrogen and oxygen atoms in total. The molecule has 0 radical (unpaired) electrons. The maximum absolute atomic E-state index is 8.53. The van der Waals surface area contributed by atoms with Crippen molar-refractivity contribution in [3.05, 3.63) is 28.8 Å². The molecule has 66 valence electrons. The van der Waals surface area contributed by atoms with E-state index in [-0.39, 0.29) is 0 Å². The molecule has 0 spiro atoms.